The minimum absolute atomic E-state index is 0.183. The van der Waals surface area contributed by atoms with Gasteiger partial charge in [-0.05, 0) is 12.5 Å². The first kappa shape index (κ1) is 17.7. The largest absolute Gasteiger partial charge is 0.364 e. The van der Waals surface area contributed by atoms with Crippen molar-refractivity contribution in [1.82, 2.24) is 25.7 Å². The zero-order valence-electron chi connectivity index (χ0n) is 13.9. The Labute approximate surface area is 158 Å². The van der Waals surface area contributed by atoms with Crippen LogP contribution < -0.4 is 27.4 Å². The number of carbonyl (C=O) groups is 1. The van der Waals surface area contributed by atoms with E-state index >= 15 is 0 Å². The molecule has 1 amide bonds. The number of nitrogens with zero attached hydrogens (tertiary/aromatic N) is 4. The van der Waals surface area contributed by atoms with Gasteiger partial charge in [0.1, 0.15) is 6.04 Å². The minimum atomic E-state index is -0.739. The highest BCUT2D eigenvalue weighted by molar-refractivity contribution is 6.31. The number of amides is 1. The van der Waals surface area contributed by atoms with Crippen LogP contribution in [-0.4, -0.2) is 39.7 Å². The molecular formula is C15H16ClFN8O2. The molecule has 3 aliphatic rings. The third-order valence-electron chi connectivity index (χ3n) is 4.48. The second-order valence-electron chi connectivity index (χ2n) is 6.07. The number of hydrazine groups is 1. The molecule has 0 saturated carbocycles. The van der Waals surface area contributed by atoms with Crippen LogP contribution in [-0.2, 0) is 9.73 Å². The summed E-state index contributed by atoms with van der Waals surface area (Å²) >= 11 is 6.07. The summed E-state index contributed by atoms with van der Waals surface area (Å²) in [6.07, 6.45) is 5.87. The van der Waals surface area contributed by atoms with Gasteiger partial charge in [-0.15, -0.1) is 0 Å². The summed E-state index contributed by atoms with van der Waals surface area (Å²) in [6.45, 7) is 0.468. The van der Waals surface area contributed by atoms with Crippen LogP contribution >= 0.6 is 11.6 Å². The SMILES string of the molecule is NON1C=C(c2ncc(F)c(N(N)C3CCNC3=O)n2)C2=CC(Cl)=CNC21. The summed E-state index contributed by atoms with van der Waals surface area (Å²) in [4.78, 5) is 25.0. The van der Waals surface area contributed by atoms with Crippen molar-refractivity contribution in [1.29, 1.82) is 0 Å². The summed E-state index contributed by atoms with van der Waals surface area (Å²) in [5.41, 5.74) is 1.21. The number of fused-ring (bicyclic) bond motifs is 1. The maximum absolute atomic E-state index is 14.3. The Balaban J connectivity index is 1.72. The van der Waals surface area contributed by atoms with Gasteiger partial charge in [-0.25, -0.2) is 25.3 Å². The lowest BCUT2D eigenvalue weighted by Crippen LogP contribution is -2.46. The first-order valence-electron chi connectivity index (χ1n) is 8.05. The van der Waals surface area contributed by atoms with Gasteiger partial charge in [-0.2, -0.15) is 10.8 Å². The first-order valence-corrected chi connectivity index (χ1v) is 8.42. The van der Waals surface area contributed by atoms with Gasteiger partial charge in [0.25, 0.3) is 0 Å². The van der Waals surface area contributed by atoms with Crippen molar-refractivity contribution in [3.05, 3.63) is 46.9 Å². The van der Waals surface area contributed by atoms with Crippen LogP contribution in [0.5, 0.6) is 0 Å². The fraction of sp³-hybridized carbons (Fsp3) is 0.267. The lowest BCUT2D eigenvalue weighted by Gasteiger charge is -2.25. The van der Waals surface area contributed by atoms with Crippen molar-refractivity contribution >= 4 is 28.9 Å². The number of hydrogen-bond donors (Lipinski definition) is 4. The predicted octanol–water partition coefficient (Wildman–Crippen LogP) is -0.418. The maximum Gasteiger partial charge on any atom is 0.244 e. The number of rotatable bonds is 4. The molecule has 2 unspecified atom stereocenters. The van der Waals surface area contributed by atoms with Crippen molar-refractivity contribution < 1.29 is 14.1 Å². The minimum Gasteiger partial charge on any atom is -0.364 e. The molecule has 0 aromatic carbocycles. The second kappa shape index (κ2) is 6.78. The molecule has 1 aromatic heterocycles. The third-order valence-corrected chi connectivity index (χ3v) is 4.70. The Morgan fingerprint density at radius 1 is 1.48 bits per heavy atom. The molecule has 2 atom stereocenters. The zero-order chi connectivity index (χ0) is 19.1. The fourth-order valence-electron chi connectivity index (χ4n) is 3.17. The number of halogens is 2. The number of allylic oxidation sites excluding steroid dienone is 2. The maximum atomic E-state index is 14.3. The summed E-state index contributed by atoms with van der Waals surface area (Å²) in [7, 11) is 0. The molecule has 1 fully saturated rings. The number of aromatic nitrogens is 2. The van der Waals surface area contributed by atoms with Crippen LogP contribution in [0.4, 0.5) is 10.2 Å². The summed E-state index contributed by atoms with van der Waals surface area (Å²) in [5.74, 6) is 10.3. The number of anilines is 1. The van der Waals surface area contributed by atoms with Crippen molar-refractivity contribution in [2.45, 2.75) is 18.6 Å². The quantitative estimate of drug-likeness (QED) is 0.396. The van der Waals surface area contributed by atoms with Gasteiger partial charge in [0.2, 0.25) is 5.91 Å². The molecule has 10 nitrogen and oxygen atoms in total. The Morgan fingerprint density at radius 3 is 3.00 bits per heavy atom. The van der Waals surface area contributed by atoms with Crippen LogP contribution in [0.2, 0.25) is 0 Å². The number of hydroxylamine groups is 2. The number of carbonyl (C=O) groups excluding carboxylic acids is 1. The van der Waals surface area contributed by atoms with Gasteiger partial charge in [-0.1, -0.05) is 11.6 Å². The molecule has 142 valence electrons. The smallest absolute Gasteiger partial charge is 0.244 e. The van der Waals surface area contributed by atoms with Gasteiger partial charge >= 0.3 is 0 Å². The van der Waals surface area contributed by atoms with E-state index in [-0.39, 0.29) is 17.5 Å². The van der Waals surface area contributed by atoms with E-state index in [1.54, 1.807) is 18.5 Å². The molecule has 4 rings (SSSR count). The lowest BCUT2D eigenvalue weighted by atomic mass is 10.0. The van der Waals surface area contributed by atoms with Gasteiger partial charge in [-0.3, -0.25) is 9.80 Å². The van der Waals surface area contributed by atoms with Crippen molar-refractivity contribution in [3.63, 3.8) is 0 Å². The highest BCUT2D eigenvalue weighted by Gasteiger charge is 2.36. The predicted molar refractivity (Wildman–Crippen MR) is 94.1 cm³/mol. The van der Waals surface area contributed by atoms with Crippen LogP contribution in [0, 0.1) is 5.82 Å². The van der Waals surface area contributed by atoms with Crippen LogP contribution in [0.25, 0.3) is 5.57 Å². The van der Waals surface area contributed by atoms with Crippen LogP contribution in [0.3, 0.4) is 0 Å². The standard InChI is InChI=1S/C15H16ClFN8O2/c16-7-3-8-9(6-24(27-19)13(8)22-4-7)12-21-5-10(17)14(23-12)25(18)11-1-2-20-15(11)26/h3-6,11,13,22H,1-2,18-19H2,(H,20,26). The summed E-state index contributed by atoms with van der Waals surface area (Å²) < 4.78 is 14.3. The monoisotopic (exact) mass is 394 g/mol. The molecule has 12 heteroatoms. The molecule has 0 radical (unpaired) electrons. The Kier molecular flexibility index (Phi) is 4.44. The highest BCUT2D eigenvalue weighted by Crippen LogP contribution is 2.36. The molecule has 6 N–H and O–H groups in total. The fourth-order valence-corrected chi connectivity index (χ4v) is 3.35. The van der Waals surface area contributed by atoms with E-state index in [4.69, 9.17) is 28.3 Å². The molecule has 0 aliphatic carbocycles. The number of hydrogen-bond acceptors (Lipinski definition) is 9. The van der Waals surface area contributed by atoms with Crippen LogP contribution in [0.15, 0.2) is 35.3 Å². The normalized spacial score (nSPS) is 23.9. The van der Waals surface area contributed by atoms with Gasteiger partial charge < -0.3 is 10.6 Å². The molecule has 1 aromatic rings. The second-order valence-corrected chi connectivity index (χ2v) is 6.51. The average Bonchev–Trinajstić information content (AvgIpc) is 3.24. The molecule has 1 saturated heterocycles. The molecule has 4 heterocycles. The van der Waals surface area contributed by atoms with Gasteiger partial charge in [0, 0.05) is 30.1 Å². The number of dihydropyridines is 1. The summed E-state index contributed by atoms with van der Waals surface area (Å²) in [6, 6.07) is -0.704. The highest BCUT2D eigenvalue weighted by atomic mass is 35.5. The third kappa shape index (κ3) is 3.00. The zero-order valence-corrected chi connectivity index (χ0v) is 14.7. The van der Waals surface area contributed by atoms with E-state index in [1.165, 1.54) is 5.06 Å². The van der Waals surface area contributed by atoms with Crippen molar-refractivity contribution in [2.24, 2.45) is 11.7 Å². The topological polar surface area (TPSA) is 135 Å². The van der Waals surface area contributed by atoms with Crippen LogP contribution in [0.1, 0.15) is 12.2 Å². The molecule has 3 aliphatic heterocycles. The Morgan fingerprint density at radius 2 is 2.30 bits per heavy atom. The first-order chi connectivity index (χ1) is 13.0. The lowest BCUT2D eigenvalue weighted by molar-refractivity contribution is -0.143. The molecule has 0 bridgehead atoms. The number of nitrogens with two attached hydrogens (primary N) is 2. The van der Waals surface area contributed by atoms with E-state index in [9.17, 15) is 9.18 Å². The Hall–Kier alpha value is -2.73. The van der Waals surface area contributed by atoms with Gasteiger partial charge in [0.05, 0.1) is 11.2 Å². The Bertz CT molecular complexity index is 889. The van der Waals surface area contributed by atoms with E-state index in [0.29, 0.717) is 29.1 Å². The molecule has 27 heavy (non-hydrogen) atoms. The van der Waals surface area contributed by atoms with Crippen molar-refractivity contribution in [2.75, 3.05) is 11.6 Å². The van der Waals surface area contributed by atoms with Gasteiger partial charge in [0.15, 0.2) is 23.6 Å². The van der Waals surface area contributed by atoms with E-state index < -0.39 is 18.0 Å². The van der Waals surface area contributed by atoms with Crippen molar-refractivity contribution in [3.8, 4) is 0 Å². The van der Waals surface area contributed by atoms with E-state index in [0.717, 1.165) is 11.2 Å². The van der Waals surface area contributed by atoms with E-state index in [2.05, 4.69) is 20.6 Å². The summed E-state index contributed by atoms with van der Waals surface area (Å²) in [5, 5.41) is 8.49. The number of nitrogens with one attached hydrogen (secondary N) is 2. The average molecular weight is 395 g/mol. The van der Waals surface area contributed by atoms with E-state index in [1.807, 2.05) is 0 Å². The molecule has 0 spiro atoms. The molecular weight excluding hydrogens is 379 g/mol.